The molecule has 0 saturated heterocycles. The van der Waals surface area contributed by atoms with Crippen LogP contribution in [0.2, 0.25) is 0 Å². The smallest absolute Gasteiger partial charge is 0.237 e. The van der Waals surface area contributed by atoms with Gasteiger partial charge in [0.1, 0.15) is 6.04 Å². The lowest BCUT2D eigenvalue weighted by Gasteiger charge is -2.10. The zero-order valence-corrected chi connectivity index (χ0v) is 6.23. The van der Waals surface area contributed by atoms with E-state index < -0.39 is 11.9 Å². The molecule has 3 N–H and O–H groups in total. The minimum Gasteiger partial charge on any atom is -0.368 e. The number of nitrogens with one attached hydrogen (secondary N) is 1. The predicted molar refractivity (Wildman–Crippen MR) is 36.7 cm³/mol. The van der Waals surface area contributed by atoms with E-state index in [4.69, 9.17) is 5.73 Å². The van der Waals surface area contributed by atoms with Crippen LogP contribution in [0.4, 0.5) is 4.48 Å². The van der Waals surface area contributed by atoms with Crippen LogP contribution < -0.4 is 11.3 Å². The van der Waals surface area contributed by atoms with Crippen LogP contribution in [0, 0.1) is 5.92 Å². The van der Waals surface area contributed by atoms with Crippen LogP contribution in [0.3, 0.4) is 0 Å². The summed E-state index contributed by atoms with van der Waals surface area (Å²) in [6.07, 6.45) is 0.436. The number of primary amides is 1. The van der Waals surface area contributed by atoms with Crippen molar-refractivity contribution in [3.63, 3.8) is 0 Å². The lowest BCUT2D eigenvalue weighted by Crippen LogP contribution is -2.38. The van der Waals surface area contributed by atoms with Gasteiger partial charge in [0.25, 0.3) is 0 Å². The molecule has 4 heteroatoms. The Kier molecular flexibility index (Phi) is 3.95. The van der Waals surface area contributed by atoms with Gasteiger partial charge in [0.15, 0.2) is 0 Å². The van der Waals surface area contributed by atoms with Crippen molar-refractivity contribution in [1.82, 2.24) is 5.54 Å². The molecule has 3 nitrogen and oxygen atoms in total. The number of rotatable bonds is 4. The number of carbonyl (C=O) groups is 1. The SMILES string of the molecule is CC(C)C[C@H](NF)C(N)=O. The maximum absolute atomic E-state index is 11.7. The molecule has 0 radical (unpaired) electrons. The van der Waals surface area contributed by atoms with Crippen molar-refractivity contribution in [2.45, 2.75) is 26.3 Å². The maximum atomic E-state index is 11.7. The summed E-state index contributed by atoms with van der Waals surface area (Å²) >= 11 is 0. The van der Waals surface area contributed by atoms with Gasteiger partial charge in [0.05, 0.1) is 0 Å². The van der Waals surface area contributed by atoms with Gasteiger partial charge < -0.3 is 5.73 Å². The summed E-state index contributed by atoms with van der Waals surface area (Å²) in [6.45, 7) is 3.79. The molecule has 0 fully saturated rings. The quantitative estimate of drug-likeness (QED) is 0.565. The van der Waals surface area contributed by atoms with Crippen LogP contribution in [0.15, 0.2) is 0 Å². The average Bonchev–Trinajstić information content (AvgIpc) is 1.81. The van der Waals surface area contributed by atoms with Gasteiger partial charge in [-0.3, -0.25) is 4.79 Å². The summed E-state index contributed by atoms with van der Waals surface area (Å²) in [4.78, 5) is 10.4. The molecular formula is C6H13FN2O. The van der Waals surface area contributed by atoms with Crippen molar-refractivity contribution >= 4 is 5.91 Å². The fourth-order valence-corrected chi connectivity index (χ4v) is 0.686. The Morgan fingerprint density at radius 3 is 2.30 bits per heavy atom. The number of carbonyl (C=O) groups excluding carboxylic acids is 1. The summed E-state index contributed by atoms with van der Waals surface area (Å²) in [5.41, 5.74) is 6.21. The van der Waals surface area contributed by atoms with Gasteiger partial charge in [-0.1, -0.05) is 13.8 Å². The Morgan fingerprint density at radius 2 is 2.20 bits per heavy atom. The van der Waals surface area contributed by atoms with Gasteiger partial charge in [-0.05, 0) is 12.3 Å². The fraction of sp³-hybridized carbons (Fsp3) is 0.833. The van der Waals surface area contributed by atoms with Crippen LogP contribution in [-0.2, 0) is 4.79 Å². The van der Waals surface area contributed by atoms with Crippen LogP contribution in [0.1, 0.15) is 20.3 Å². The van der Waals surface area contributed by atoms with E-state index in [1.165, 1.54) is 5.54 Å². The first-order valence-electron chi connectivity index (χ1n) is 3.23. The molecule has 0 heterocycles. The first kappa shape index (κ1) is 9.36. The summed E-state index contributed by atoms with van der Waals surface area (Å²) in [7, 11) is 0. The molecule has 0 aromatic carbocycles. The number of nitrogens with two attached hydrogens (primary N) is 1. The molecule has 10 heavy (non-hydrogen) atoms. The molecule has 1 atom stereocenters. The number of amides is 1. The lowest BCUT2D eigenvalue weighted by atomic mass is 10.0. The Morgan fingerprint density at radius 1 is 1.70 bits per heavy atom. The molecule has 0 aliphatic heterocycles. The van der Waals surface area contributed by atoms with E-state index in [2.05, 4.69) is 0 Å². The predicted octanol–water partition coefficient (Wildman–Crippen LogP) is 0.360. The molecule has 60 valence electrons. The lowest BCUT2D eigenvalue weighted by molar-refractivity contribution is -0.121. The zero-order chi connectivity index (χ0) is 8.15. The van der Waals surface area contributed by atoms with E-state index in [0.29, 0.717) is 6.42 Å². The second kappa shape index (κ2) is 4.22. The highest BCUT2D eigenvalue weighted by molar-refractivity contribution is 5.79. The third-order valence-electron chi connectivity index (χ3n) is 1.18. The van der Waals surface area contributed by atoms with E-state index in [1.807, 2.05) is 13.8 Å². The number of hydrogen-bond donors (Lipinski definition) is 2. The van der Waals surface area contributed by atoms with Crippen molar-refractivity contribution in [2.24, 2.45) is 11.7 Å². The van der Waals surface area contributed by atoms with Crippen molar-refractivity contribution in [1.29, 1.82) is 0 Å². The Hall–Kier alpha value is -0.640. The maximum Gasteiger partial charge on any atom is 0.237 e. The molecule has 1 amide bonds. The highest BCUT2D eigenvalue weighted by Gasteiger charge is 2.15. The van der Waals surface area contributed by atoms with Crippen LogP contribution in [-0.4, -0.2) is 11.9 Å². The molecule has 0 aromatic rings. The topological polar surface area (TPSA) is 55.1 Å². The number of halogens is 1. The Labute approximate surface area is 59.7 Å². The van der Waals surface area contributed by atoms with Crippen LogP contribution >= 0.6 is 0 Å². The van der Waals surface area contributed by atoms with Gasteiger partial charge in [-0.25, -0.2) is 0 Å². The molecule has 0 aromatic heterocycles. The van der Waals surface area contributed by atoms with Crippen molar-refractivity contribution in [3.05, 3.63) is 0 Å². The van der Waals surface area contributed by atoms with Crippen molar-refractivity contribution < 1.29 is 9.28 Å². The molecule has 0 saturated carbocycles. The normalized spacial score (nSPS) is 13.6. The Balaban J connectivity index is 3.72. The summed E-state index contributed by atoms with van der Waals surface area (Å²) < 4.78 is 11.7. The fourth-order valence-electron chi connectivity index (χ4n) is 0.686. The summed E-state index contributed by atoms with van der Waals surface area (Å²) in [5.74, 6) is -0.378. The second-order valence-corrected chi connectivity index (χ2v) is 2.69. The second-order valence-electron chi connectivity index (χ2n) is 2.69. The molecular weight excluding hydrogens is 135 g/mol. The van der Waals surface area contributed by atoms with Crippen LogP contribution in [0.25, 0.3) is 0 Å². The molecule has 0 rings (SSSR count). The van der Waals surface area contributed by atoms with E-state index in [9.17, 15) is 9.28 Å². The van der Waals surface area contributed by atoms with E-state index in [1.54, 1.807) is 0 Å². The standard InChI is InChI=1S/C6H13FN2O/c1-4(2)3-5(9-7)6(8)10/h4-5,9H,3H2,1-2H3,(H2,8,10)/t5-/m0/s1. The minimum absolute atomic E-state index is 0.265. The average molecular weight is 148 g/mol. The van der Waals surface area contributed by atoms with E-state index in [-0.39, 0.29) is 5.92 Å². The van der Waals surface area contributed by atoms with Gasteiger partial charge in [0, 0.05) is 0 Å². The van der Waals surface area contributed by atoms with Gasteiger partial charge in [-0.2, -0.15) is 0 Å². The molecule has 0 aliphatic carbocycles. The summed E-state index contributed by atoms with van der Waals surface area (Å²) in [6, 6.07) is -0.833. The third-order valence-corrected chi connectivity index (χ3v) is 1.18. The highest BCUT2D eigenvalue weighted by Crippen LogP contribution is 2.03. The monoisotopic (exact) mass is 148 g/mol. The first-order chi connectivity index (χ1) is 4.57. The van der Waals surface area contributed by atoms with E-state index >= 15 is 0 Å². The summed E-state index contributed by atoms with van der Waals surface area (Å²) in [5, 5.41) is 0. The van der Waals surface area contributed by atoms with Gasteiger partial charge >= 0.3 is 0 Å². The Bertz CT molecular complexity index is 116. The third kappa shape index (κ3) is 3.40. The van der Waals surface area contributed by atoms with E-state index in [0.717, 1.165) is 0 Å². The van der Waals surface area contributed by atoms with Crippen LogP contribution in [0.5, 0.6) is 0 Å². The first-order valence-corrected chi connectivity index (χ1v) is 3.23. The highest BCUT2D eigenvalue weighted by atomic mass is 19.2. The van der Waals surface area contributed by atoms with Gasteiger partial charge in [0.2, 0.25) is 5.91 Å². The molecule has 0 bridgehead atoms. The van der Waals surface area contributed by atoms with Crippen molar-refractivity contribution in [2.75, 3.05) is 0 Å². The number of hydrogen-bond acceptors (Lipinski definition) is 2. The zero-order valence-electron chi connectivity index (χ0n) is 6.23. The largest absolute Gasteiger partial charge is 0.368 e. The van der Waals surface area contributed by atoms with Crippen molar-refractivity contribution in [3.8, 4) is 0 Å². The van der Waals surface area contributed by atoms with Gasteiger partial charge in [-0.15, -0.1) is 10.0 Å². The molecule has 0 aliphatic rings. The minimum atomic E-state index is -0.833. The molecule has 0 unspecified atom stereocenters. The molecule has 0 spiro atoms.